The minimum absolute atomic E-state index is 0.0496. The number of amides is 1. The van der Waals surface area contributed by atoms with E-state index in [0.717, 1.165) is 36.1 Å². The zero-order valence-electron chi connectivity index (χ0n) is 13.7. The molecular weight excluding hydrogens is 286 g/mol. The number of carbonyl (C=O) groups is 1. The molecule has 3 unspecified atom stereocenters. The maximum Gasteiger partial charge on any atom is 0.254 e. The van der Waals surface area contributed by atoms with Crippen LogP contribution in [0.4, 0.5) is 0 Å². The molecule has 2 fully saturated rings. The first kappa shape index (κ1) is 14.8. The van der Waals surface area contributed by atoms with Crippen LogP contribution in [0.1, 0.15) is 51.0 Å². The summed E-state index contributed by atoms with van der Waals surface area (Å²) in [6.07, 6.45) is 6.57. The fourth-order valence-corrected chi connectivity index (χ4v) is 4.32. The molecular formula is C19H25N3O. The summed E-state index contributed by atoms with van der Waals surface area (Å²) in [6.45, 7) is 2.14. The van der Waals surface area contributed by atoms with Gasteiger partial charge in [-0.05, 0) is 24.8 Å². The van der Waals surface area contributed by atoms with E-state index in [1.807, 2.05) is 18.2 Å². The Balaban J connectivity index is 1.72. The van der Waals surface area contributed by atoms with Gasteiger partial charge in [0.05, 0.1) is 11.7 Å². The van der Waals surface area contributed by atoms with Gasteiger partial charge >= 0.3 is 0 Å². The largest absolute Gasteiger partial charge is 0.352 e. The van der Waals surface area contributed by atoms with Crippen molar-refractivity contribution in [2.75, 3.05) is 0 Å². The lowest BCUT2D eigenvalue weighted by atomic mass is 9.90. The van der Waals surface area contributed by atoms with E-state index in [9.17, 15) is 4.79 Å². The number of nitrogens with zero attached hydrogens (tertiary/aromatic N) is 1. The number of hydrogen-bond acceptors (Lipinski definition) is 3. The van der Waals surface area contributed by atoms with Crippen molar-refractivity contribution < 1.29 is 4.79 Å². The van der Waals surface area contributed by atoms with Crippen molar-refractivity contribution in [3.63, 3.8) is 0 Å². The fourth-order valence-electron chi connectivity index (χ4n) is 4.32. The van der Waals surface area contributed by atoms with E-state index in [2.05, 4.69) is 34.6 Å². The van der Waals surface area contributed by atoms with Gasteiger partial charge in [0.25, 0.3) is 5.91 Å². The second-order valence-electron chi connectivity index (χ2n) is 6.85. The highest BCUT2D eigenvalue weighted by molar-refractivity contribution is 6.02. The molecule has 2 aliphatic heterocycles. The molecule has 4 heteroatoms. The zero-order valence-corrected chi connectivity index (χ0v) is 13.7. The topological polar surface area (TPSA) is 44.4 Å². The Labute approximate surface area is 137 Å². The predicted octanol–water partition coefficient (Wildman–Crippen LogP) is 2.83. The summed E-state index contributed by atoms with van der Waals surface area (Å²) < 4.78 is 0. The van der Waals surface area contributed by atoms with Gasteiger partial charge < -0.3 is 10.2 Å². The summed E-state index contributed by atoms with van der Waals surface area (Å²) in [5, 5.41) is 7.27. The zero-order chi connectivity index (χ0) is 15.8. The molecule has 1 saturated heterocycles. The molecule has 122 valence electrons. The highest BCUT2D eigenvalue weighted by atomic mass is 16.2. The first-order valence-electron chi connectivity index (χ1n) is 8.93. The Hall–Kier alpha value is -1.81. The Morgan fingerprint density at radius 1 is 1.17 bits per heavy atom. The summed E-state index contributed by atoms with van der Waals surface area (Å²) in [4.78, 5) is 15.3. The first-order valence-corrected chi connectivity index (χ1v) is 8.93. The minimum Gasteiger partial charge on any atom is -0.352 e. The Morgan fingerprint density at radius 2 is 1.96 bits per heavy atom. The van der Waals surface area contributed by atoms with Crippen molar-refractivity contribution in [2.45, 2.75) is 63.8 Å². The van der Waals surface area contributed by atoms with Gasteiger partial charge in [0.15, 0.2) is 6.29 Å². The molecule has 0 radical (unpaired) electrons. The van der Waals surface area contributed by atoms with Gasteiger partial charge in [0, 0.05) is 11.6 Å². The molecule has 1 saturated carbocycles. The average Bonchev–Trinajstić information content (AvgIpc) is 2.96. The lowest BCUT2D eigenvalue weighted by molar-refractivity contribution is -0.131. The number of hydrogen-bond donors (Lipinski definition) is 2. The molecule has 2 heterocycles. The number of fused-ring (bicyclic) bond motifs is 3. The highest BCUT2D eigenvalue weighted by Crippen LogP contribution is 2.35. The molecule has 0 aromatic heterocycles. The molecule has 2 N–H and O–H groups in total. The van der Waals surface area contributed by atoms with E-state index >= 15 is 0 Å². The maximum atomic E-state index is 13.2. The predicted molar refractivity (Wildman–Crippen MR) is 91.2 cm³/mol. The Kier molecular flexibility index (Phi) is 3.85. The van der Waals surface area contributed by atoms with E-state index < -0.39 is 0 Å². The van der Waals surface area contributed by atoms with Crippen molar-refractivity contribution in [3.05, 3.63) is 41.5 Å². The molecule has 4 nitrogen and oxygen atoms in total. The second kappa shape index (κ2) is 6.00. The van der Waals surface area contributed by atoms with Crippen LogP contribution >= 0.6 is 0 Å². The van der Waals surface area contributed by atoms with Crippen molar-refractivity contribution >= 4 is 11.6 Å². The van der Waals surface area contributed by atoms with Crippen LogP contribution in [0.25, 0.3) is 5.70 Å². The van der Waals surface area contributed by atoms with E-state index in [0.29, 0.717) is 12.1 Å². The van der Waals surface area contributed by atoms with Gasteiger partial charge in [0.1, 0.15) is 0 Å². The van der Waals surface area contributed by atoms with Crippen LogP contribution in [0, 0.1) is 0 Å². The quantitative estimate of drug-likeness (QED) is 0.902. The van der Waals surface area contributed by atoms with Gasteiger partial charge in [-0.25, -0.2) is 0 Å². The number of rotatable bonds is 3. The molecule has 3 aliphatic rings. The van der Waals surface area contributed by atoms with E-state index in [4.69, 9.17) is 0 Å². The van der Waals surface area contributed by atoms with Gasteiger partial charge in [0.2, 0.25) is 0 Å². The van der Waals surface area contributed by atoms with Gasteiger partial charge in [-0.1, -0.05) is 56.5 Å². The van der Waals surface area contributed by atoms with Crippen LogP contribution < -0.4 is 10.6 Å². The maximum absolute atomic E-state index is 13.2. The average molecular weight is 311 g/mol. The Morgan fingerprint density at radius 3 is 2.74 bits per heavy atom. The normalized spacial score (nSPS) is 30.0. The molecule has 4 rings (SSSR count). The van der Waals surface area contributed by atoms with Crippen molar-refractivity contribution in [1.82, 2.24) is 15.5 Å². The van der Waals surface area contributed by atoms with Crippen molar-refractivity contribution in [3.8, 4) is 0 Å². The molecule has 1 aliphatic carbocycles. The summed E-state index contributed by atoms with van der Waals surface area (Å²) in [5.74, 6) is 0.233. The molecule has 23 heavy (non-hydrogen) atoms. The summed E-state index contributed by atoms with van der Waals surface area (Å²) >= 11 is 0. The SMILES string of the molecule is CCCC1=C(c2ccccc2)NC2NC3CCCCC3N2C1=O. The van der Waals surface area contributed by atoms with E-state index in [1.54, 1.807) is 0 Å². The molecule has 0 spiro atoms. The lowest BCUT2D eigenvalue weighted by Crippen LogP contribution is -2.55. The molecule has 1 aromatic carbocycles. The van der Waals surface area contributed by atoms with Crippen LogP contribution in [0.5, 0.6) is 0 Å². The van der Waals surface area contributed by atoms with Gasteiger partial charge in [-0.15, -0.1) is 0 Å². The second-order valence-corrected chi connectivity index (χ2v) is 6.85. The van der Waals surface area contributed by atoms with Crippen LogP contribution in [0.15, 0.2) is 35.9 Å². The van der Waals surface area contributed by atoms with Crippen LogP contribution in [-0.4, -0.2) is 29.2 Å². The van der Waals surface area contributed by atoms with Gasteiger partial charge in [-0.3, -0.25) is 10.1 Å². The third-order valence-corrected chi connectivity index (χ3v) is 5.37. The number of nitrogens with one attached hydrogen (secondary N) is 2. The number of benzene rings is 1. The first-order chi connectivity index (χ1) is 11.3. The van der Waals surface area contributed by atoms with E-state index in [-0.39, 0.29) is 12.2 Å². The van der Waals surface area contributed by atoms with Crippen molar-refractivity contribution in [1.29, 1.82) is 0 Å². The van der Waals surface area contributed by atoms with Crippen LogP contribution in [0.2, 0.25) is 0 Å². The summed E-state index contributed by atoms with van der Waals surface area (Å²) in [7, 11) is 0. The Bertz CT molecular complexity index is 625. The molecule has 1 amide bonds. The summed E-state index contributed by atoms with van der Waals surface area (Å²) in [5.41, 5.74) is 3.08. The van der Waals surface area contributed by atoms with Gasteiger partial charge in [-0.2, -0.15) is 0 Å². The minimum atomic E-state index is -0.0496. The molecule has 3 atom stereocenters. The van der Waals surface area contributed by atoms with Crippen LogP contribution in [-0.2, 0) is 4.79 Å². The smallest absolute Gasteiger partial charge is 0.254 e. The lowest BCUT2D eigenvalue weighted by Gasteiger charge is -2.38. The van der Waals surface area contributed by atoms with E-state index in [1.165, 1.54) is 19.3 Å². The number of carbonyl (C=O) groups excluding carboxylic acids is 1. The highest BCUT2D eigenvalue weighted by Gasteiger charge is 2.47. The standard InChI is InChI=1S/C19H25N3O/c1-2-8-14-17(13-9-4-3-5-10-13)21-19-20-15-11-6-7-12-16(15)22(19)18(14)23/h3-5,9-10,15-16,19-21H,2,6-8,11-12H2,1H3. The third-order valence-electron chi connectivity index (χ3n) is 5.37. The summed E-state index contributed by atoms with van der Waals surface area (Å²) in [6, 6.07) is 11.1. The third kappa shape index (κ3) is 2.45. The van der Waals surface area contributed by atoms with Crippen LogP contribution in [0.3, 0.4) is 0 Å². The molecule has 1 aromatic rings. The molecule has 0 bridgehead atoms. The fraction of sp³-hybridized carbons (Fsp3) is 0.526. The van der Waals surface area contributed by atoms with Crippen molar-refractivity contribution in [2.24, 2.45) is 0 Å². The monoisotopic (exact) mass is 311 g/mol.